The van der Waals surface area contributed by atoms with Crippen LogP contribution >= 0.6 is 7.60 Å². The summed E-state index contributed by atoms with van der Waals surface area (Å²) in [5, 5.41) is 1.60. The molecule has 0 bridgehead atoms. The van der Waals surface area contributed by atoms with Crippen LogP contribution in [0.25, 0.3) is 10.8 Å². The summed E-state index contributed by atoms with van der Waals surface area (Å²) in [4.78, 5) is 30.4. The van der Waals surface area contributed by atoms with Crippen LogP contribution in [0.4, 0.5) is 0 Å². The Balaban J connectivity index is 2.40. The fraction of sp³-hybridized carbons (Fsp3) is 0.188. The lowest BCUT2D eigenvalue weighted by molar-refractivity contribution is 0.0550. The van der Waals surface area contributed by atoms with Gasteiger partial charge in [0, 0.05) is 0 Å². The van der Waals surface area contributed by atoms with Crippen molar-refractivity contribution >= 4 is 24.3 Å². The van der Waals surface area contributed by atoms with Crippen molar-refractivity contribution in [1.82, 2.24) is 0 Å². The molecule has 0 aliphatic rings. The van der Waals surface area contributed by atoms with E-state index in [9.17, 15) is 19.1 Å². The zero-order valence-corrected chi connectivity index (χ0v) is 13.0. The Morgan fingerprint density at radius 2 is 1.95 bits per heavy atom. The topological polar surface area (TPSA) is 83.8 Å². The van der Waals surface area contributed by atoms with Crippen LogP contribution < -0.4 is 0 Å². The van der Waals surface area contributed by atoms with Crippen molar-refractivity contribution in [2.24, 2.45) is 0 Å². The lowest BCUT2D eigenvalue weighted by atomic mass is 10.0. The van der Waals surface area contributed by atoms with Crippen LogP contribution in [0.3, 0.4) is 0 Å². The van der Waals surface area contributed by atoms with Crippen molar-refractivity contribution in [3.63, 3.8) is 0 Å². The third-order valence-corrected chi connectivity index (χ3v) is 4.73. The minimum atomic E-state index is -4.21. The smallest absolute Gasteiger partial charge is 0.338 e. The molecule has 1 atom stereocenters. The molecule has 0 heterocycles. The summed E-state index contributed by atoms with van der Waals surface area (Å²) in [5.74, 6) is -0.463. The van der Waals surface area contributed by atoms with Crippen LogP contribution in [0.15, 0.2) is 49.1 Å². The number of carbonyl (C=O) groups is 1. The Hall–Kier alpha value is -1.94. The number of benzene rings is 2. The van der Waals surface area contributed by atoms with E-state index in [0.29, 0.717) is 11.1 Å². The van der Waals surface area contributed by atoms with E-state index in [-0.39, 0.29) is 6.61 Å². The van der Waals surface area contributed by atoms with E-state index >= 15 is 0 Å². The van der Waals surface area contributed by atoms with Crippen molar-refractivity contribution in [2.75, 3.05) is 6.61 Å². The van der Waals surface area contributed by atoms with Crippen LogP contribution in [-0.2, 0) is 9.30 Å². The van der Waals surface area contributed by atoms with Crippen molar-refractivity contribution in [3.8, 4) is 0 Å². The highest BCUT2D eigenvalue weighted by molar-refractivity contribution is 7.52. The van der Waals surface area contributed by atoms with E-state index in [4.69, 9.17) is 4.74 Å². The molecule has 0 spiro atoms. The molecule has 0 saturated carbocycles. The Bertz CT molecular complexity index is 762. The van der Waals surface area contributed by atoms with Gasteiger partial charge in [0.15, 0.2) is 0 Å². The van der Waals surface area contributed by atoms with Crippen molar-refractivity contribution in [3.05, 3.63) is 60.2 Å². The fourth-order valence-corrected chi connectivity index (χ4v) is 2.61. The molecule has 5 nitrogen and oxygen atoms in total. The normalized spacial score (nSPS) is 12.9. The molecule has 0 aliphatic heterocycles. The van der Waals surface area contributed by atoms with Crippen LogP contribution in [0, 0.1) is 0 Å². The van der Waals surface area contributed by atoms with Gasteiger partial charge in [-0.3, -0.25) is 4.57 Å². The van der Waals surface area contributed by atoms with Gasteiger partial charge in [-0.05, 0) is 35.4 Å². The molecule has 2 aromatic carbocycles. The largest absolute Gasteiger partial charge is 0.458 e. The molecule has 1 unspecified atom stereocenters. The van der Waals surface area contributed by atoms with Crippen LogP contribution in [-0.4, -0.2) is 22.4 Å². The summed E-state index contributed by atoms with van der Waals surface area (Å²) >= 11 is 0. The van der Waals surface area contributed by atoms with Gasteiger partial charge < -0.3 is 14.5 Å². The van der Waals surface area contributed by atoms with Gasteiger partial charge in [-0.2, -0.15) is 0 Å². The van der Waals surface area contributed by atoms with Crippen LogP contribution in [0.1, 0.15) is 28.5 Å². The fourth-order valence-electron chi connectivity index (χ4n) is 2.06. The molecule has 0 aliphatic carbocycles. The monoisotopic (exact) mass is 320 g/mol. The van der Waals surface area contributed by atoms with E-state index in [1.807, 2.05) is 0 Å². The number of fused-ring (bicyclic) bond motifs is 1. The third-order valence-electron chi connectivity index (χ3n) is 3.42. The lowest BCUT2D eigenvalue weighted by Gasteiger charge is -2.14. The summed E-state index contributed by atoms with van der Waals surface area (Å²) < 4.78 is 16.3. The van der Waals surface area contributed by atoms with Crippen molar-refractivity contribution in [1.29, 1.82) is 0 Å². The number of hydrogen-bond acceptors (Lipinski definition) is 3. The van der Waals surface area contributed by atoms with E-state index in [2.05, 4.69) is 6.58 Å². The van der Waals surface area contributed by atoms with Crippen LogP contribution in [0.2, 0.25) is 0 Å². The molecule has 116 valence electrons. The molecule has 6 heteroatoms. The van der Waals surface area contributed by atoms with E-state index in [1.165, 1.54) is 13.0 Å². The van der Waals surface area contributed by atoms with Gasteiger partial charge in [0.25, 0.3) is 0 Å². The highest BCUT2D eigenvalue weighted by atomic mass is 31.2. The molecule has 0 amide bonds. The first-order valence-corrected chi connectivity index (χ1v) is 8.38. The van der Waals surface area contributed by atoms with Gasteiger partial charge in [-0.25, -0.2) is 4.79 Å². The average Bonchev–Trinajstić information content (AvgIpc) is 2.49. The maximum Gasteiger partial charge on any atom is 0.338 e. The molecule has 2 aromatic rings. The summed E-state index contributed by atoms with van der Waals surface area (Å²) in [6, 6.07) is 10.2. The second kappa shape index (κ2) is 6.44. The Morgan fingerprint density at radius 3 is 2.59 bits per heavy atom. The summed E-state index contributed by atoms with van der Waals surface area (Å²) in [7, 11) is -4.21. The minimum Gasteiger partial charge on any atom is -0.458 e. The first-order valence-electron chi connectivity index (χ1n) is 6.70. The highest BCUT2D eigenvalue weighted by Gasteiger charge is 2.25. The van der Waals surface area contributed by atoms with E-state index in [1.54, 1.807) is 36.4 Å². The summed E-state index contributed by atoms with van der Waals surface area (Å²) in [5.41, 5.74) is 0.0149. The molecular weight excluding hydrogens is 303 g/mol. The molecule has 2 N–H and O–H groups in total. The zero-order valence-electron chi connectivity index (χ0n) is 12.1. The second-order valence-electron chi connectivity index (χ2n) is 4.97. The second-order valence-corrected chi connectivity index (χ2v) is 6.93. The third kappa shape index (κ3) is 3.63. The summed E-state index contributed by atoms with van der Waals surface area (Å²) in [6.45, 7) is 5.09. The lowest BCUT2D eigenvalue weighted by Crippen LogP contribution is -2.04. The van der Waals surface area contributed by atoms with Gasteiger partial charge >= 0.3 is 13.6 Å². The van der Waals surface area contributed by atoms with Gasteiger partial charge in [0.2, 0.25) is 0 Å². The van der Waals surface area contributed by atoms with Gasteiger partial charge in [-0.1, -0.05) is 36.9 Å². The van der Waals surface area contributed by atoms with Gasteiger partial charge in [-0.15, -0.1) is 0 Å². The van der Waals surface area contributed by atoms with E-state index in [0.717, 1.165) is 10.8 Å². The predicted molar refractivity (Wildman–Crippen MR) is 84.9 cm³/mol. The highest BCUT2D eigenvalue weighted by Crippen LogP contribution is 2.51. The predicted octanol–water partition coefficient (Wildman–Crippen LogP) is 3.42. The minimum absolute atomic E-state index is 0.131. The standard InChI is InChI=1S/C16H17O5P/c1-3-8-21-16(17)14-7-5-12-4-6-13(9-15(12)10-14)11(2)22(18,19)20/h3-7,9-11H,1,8H2,2H3,(H2,18,19,20). The van der Waals surface area contributed by atoms with Gasteiger partial charge in [0.1, 0.15) is 6.61 Å². The number of ether oxygens (including phenoxy) is 1. The molecule has 0 radical (unpaired) electrons. The average molecular weight is 320 g/mol. The molecule has 0 saturated heterocycles. The van der Waals surface area contributed by atoms with Crippen LogP contribution in [0.5, 0.6) is 0 Å². The molecule has 2 rings (SSSR count). The summed E-state index contributed by atoms with van der Waals surface area (Å²) in [6.07, 6.45) is 1.48. The first kappa shape index (κ1) is 16.4. The Kier molecular flexibility index (Phi) is 4.81. The zero-order chi connectivity index (χ0) is 16.3. The maximum absolute atomic E-state index is 11.8. The number of esters is 1. The maximum atomic E-state index is 11.8. The van der Waals surface area contributed by atoms with Gasteiger partial charge in [0.05, 0.1) is 11.2 Å². The molecule has 22 heavy (non-hydrogen) atoms. The Labute approximate surface area is 128 Å². The number of hydrogen-bond donors (Lipinski definition) is 2. The molecule has 0 aromatic heterocycles. The molecule has 0 fully saturated rings. The molecular formula is C16H17O5P. The first-order chi connectivity index (χ1) is 10.3. The quantitative estimate of drug-likeness (QED) is 0.501. The SMILES string of the molecule is C=CCOC(=O)c1ccc2ccc(C(C)P(=O)(O)O)cc2c1. The number of carbonyl (C=O) groups excluding carboxylic acids is 1. The number of rotatable bonds is 5. The van der Waals surface area contributed by atoms with E-state index < -0.39 is 19.2 Å². The van der Waals surface area contributed by atoms with Crippen molar-refractivity contribution in [2.45, 2.75) is 12.6 Å². The Morgan fingerprint density at radius 1 is 1.27 bits per heavy atom. The van der Waals surface area contributed by atoms with Crippen molar-refractivity contribution < 1.29 is 23.9 Å².